The Labute approximate surface area is 117 Å². The Morgan fingerprint density at radius 3 is 2.62 bits per heavy atom. The Bertz CT molecular complexity index is 578. The normalized spacial score (nSPS) is 11.0. The van der Waals surface area contributed by atoms with Crippen molar-refractivity contribution in [2.24, 2.45) is 5.73 Å². The first-order valence-corrected chi connectivity index (χ1v) is 5.70. The lowest BCUT2D eigenvalue weighted by Crippen LogP contribution is -2.41. The van der Waals surface area contributed by atoms with Crippen molar-refractivity contribution in [3.8, 4) is 11.8 Å². The van der Waals surface area contributed by atoms with Gasteiger partial charge in [0.1, 0.15) is 5.82 Å². The number of hydrogen-bond donors (Lipinski definition) is 2. The number of amides is 1. The smallest absolute Gasteiger partial charge is 0.324 e. The Balaban J connectivity index is 2.93. The predicted octanol–water partition coefficient (Wildman–Crippen LogP) is 1.77. The van der Waals surface area contributed by atoms with Gasteiger partial charge in [0.25, 0.3) is 5.91 Å². The summed E-state index contributed by atoms with van der Waals surface area (Å²) in [5, 5.41) is 1.67. The van der Waals surface area contributed by atoms with E-state index in [1.807, 2.05) is 0 Å². The fourth-order valence-electron chi connectivity index (χ4n) is 1.33. The number of halogens is 5. The molecule has 1 aromatic carbocycles. The van der Waals surface area contributed by atoms with Gasteiger partial charge >= 0.3 is 12.3 Å². The molecular weight excluding hydrogens is 295 g/mol. The van der Waals surface area contributed by atoms with Crippen LogP contribution in [0.3, 0.4) is 0 Å². The van der Waals surface area contributed by atoms with E-state index in [9.17, 15) is 26.7 Å². The average molecular weight is 306 g/mol. The van der Waals surface area contributed by atoms with Crippen molar-refractivity contribution >= 4 is 5.91 Å². The van der Waals surface area contributed by atoms with E-state index in [1.54, 1.807) is 5.32 Å². The van der Waals surface area contributed by atoms with Crippen molar-refractivity contribution in [1.82, 2.24) is 5.32 Å². The topological polar surface area (TPSA) is 55.1 Å². The molecule has 0 atom stereocenters. The number of nitrogens with two attached hydrogens (primary N) is 1. The Kier molecular flexibility index (Phi) is 5.67. The highest BCUT2D eigenvalue weighted by molar-refractivity contribution is 5.96. The van der Waals surface area contributed by atoms with Crippen LogP contribution in [0, 0.1) is 17.7 Å². The van der Waals surface area contributed by atoms with E-state index in [0.29, 0.717) is 0 Å². The molecule has 114 valence electrons. The quantitative estimate of drug-likeness (QED) is 0.658. The van der Waals surface area contributed by atoms with Crippen LogP contribution in [0.5, 0.6) is 0 Å². The molecule has 0 aliphatic rings. The van der Waals surface area contributed by atoms with E-state index in [2.05, 4.69) is 11.8 Å². The van der Waals surface area contributed by atoms with Crippen LogP contribution in [0.4, 0.5) is 22.0 Å². The first-order chi connectivity index (χ1) is 9.77. The second-order valence-corrected chi connectivity index (χ2v) is 3.94. The largest absolute Gasteiger partial charge is 0.346 e. The van der Waals surface area contributed by atoms with Gasteiger partial charge in [-0.2, -0.15) is 8.78 Å². The highest BCUT2D eigenvalue weighted by Crippen LogP contribution is 2.21. The lowest BCUT2D eigenvalue weighted by Gasteiger charge is -2.16. The van der Waals surface area contributed by atoms with E-state index in [-0.39, 0.29) is 17.7 Å². The second-order valence-electron chi connectivity index (χ2n) is 3.94. The molecule has 0 aliphatic carbocycles. The molecule has 0 spiro atoms. The summed E-state index contributed by atoms with van der Waals surface area (Å²) in [7, 11) is 0. The van der Waals surface area contributed by atoms with Crippen molar-refractivity contribution in [2.75, 3.05) is 13.1 Å². The number of carbonyl (C=O) groups excluding carboxylic acids is 1. The number of hydrogen-bond acceptors (Lipinski definition) is 2. The van der Waals surface area contributed by atoms with Gasteiger partial charge < -0.3 is 11.1 Å². The van der Waals surface area contributed by atoms with E-state index in [0.717, 1.165) is 18.2 Å². The van der Waals surface area contributed by atoms with Crippen LogP contribution >= 0.6 is 0 Å². The summed E-state index contributed by atoms with van der Waals surface area (Å²) in [6.45, 7) is -1.59. The SMILES string of the molecule is NCC#Cc1cc(F)ccc1C(=O)NCC(F)(F)C(F)F. The van der Waals surface area contributed by atoms with Gasteiger partial charge in [0.05, 0.1) is 18.7 Å². The highest BCUT2D eigenvalue weighted by atomic mass is 19.3. The van der Waals surface area contributed by atoms with Gasteiger partial charge in [-0.3, -0.25) is 4.79 Å². The van der Waals surface area contributed by atoms with E-state index < -0.39 is 30.6 Å². The summed E-state index contributed by atoms with van der Waals surface area (Å²) in [6, 6.07) is 2.86. The molecule has 1 aromatic rings. The maximum Gasteiger partial charge on any atom is 0.324 e. The summed E-state index contributed by atoms with van der Waals surface area (Å²) < 4.78 is 62.5. The van der Waals surface area contributed by atoms with Gasteiger partial charge in [-0.1, -0.05) is 11.8 Å². The molecule has 0 aliphatic heterocycles. The third-order valence-corrected chi connectivity index (χ3v) is 2.36. The van der Waals surface area contributed by atoms with Crippen molar-refractivity contribution in [2.45, 2.75) is 12.3 Å². The minimum Gasteiger partial charge on any atom is -0.346 e. The third kappa shape index (κ3) is 4.72. The van der Waals surface area contributed by atoms with Gasteiger partial charge in [0.2, 0.25) is 0 Å². The molecule has 0 bridgehead atoms. The van der Waals surface area contributed by atoms with Crippen molar-refractivity contribution in [3.63, 3.8) is 0 Å². The molecule has 8 heteroatoms. The summed E-state index contributed by atoms with van der Waals surface area (Å²) in [5.74, 6) is -1.31. The van der Waals surface area contributed by atoms with E-state index in [1.165, 1.54) is 0 Å². The van der Waals surface area contributed by atoms with Gasteiger partial charge in [0, 0.05) is 5.56 Å². The second kappa shape index (κ2) is 7.04. The Morgan fingerprint density at radius 1 is 1.38 bits per heavy atom. The molecule has 0 saturated heterocycles. The van der Waals surface area contributed by atoms with Crippen LogP contribution < -0.4 is 11.1 Å². The summed E-state index contributed by atoms with van der Waals surface area (Å²) in [4.78, 5) is 11.7. The molecule has 0 fully saturated rings. The summed E-state index contributed by atoms with van der Waals surface area (Å²) in [5.41, 5.74) is 4.86. The Morgan fingerprint density at radius 2 is 2.05 bits per heavy atom. The molecule has 0 radical (unpaired) electrons. The first-order valence-electron chi connectivity index (χ1n) is 5.70. The third-order valence-electron chi connectivity index (χ3n) is 2.36. The number of benzene rings is 1. The van der Waals surface area contributed by atoms with Crippen LogP contribution in [0.25, 0.3) is 0 Å². The van der Waals surface area contributed by atoms with Crippen LogP contribution in [0.1, 0.15) is 15.9 Å². The molecule has 1 amide bonds. The molecule has 1 rings (SSSR count). The van der Waals surface area contributed by atoms with Gasteiger partial charge in [-0.15, -0.1) is 0 Å². The molecule has 0 saturated carbocycles. The number of nitrogens with one attached hydrogen (secondary N) is 1. The van der Waals surface area contributed by atoms with Crippen LogP contribution in [-0.4, -0.2) is 31.3 Å². The van der Waals surface area contributed by atoms with E-state index in [4.69, 9.17) is 5.73 Å². The maximum absolute atomic E-state index is 13.1. The average Bonchev–Trinajstić information content (AvgIpc) is 2.42. The van der Waals surface area contributed by atoms with Gasteiger partial charge in [0.15, 0.2) is 0 Å². The number of rotatable bonds is 4. The standard InChI is InChI=1S/C13H11F5N2O/c14-9-3-4-10(8(6-9)2-1-5-19)11(21)20-7-13(17,18)12(15)16/h3-4,6,12H,5,7,19H2,(H,20,21). The lowest BCUT2D eigenvalue weighted by molar-refractivity contribution is -0.123. The van der Waals surface area contributed by atoms with Crippen LogP contribution in [0.2, 0.25) is 0 Å². The molecule has 21 heavy (non-hydrogen) atoms. The predicted molar refractivity (Wildman–Crippen MR) is 65.6 cm³/mol. The molecule has 0 unspecified atom stereocenters. The molecule has 0 aromatic heterocycles. The minimum atomic E-state index is -4.35. The molecule has 3 nitrogen and oxygen atoms in total. The van der Waals surface area contributed by atoms with Crippen molar-refractivity contribution < 1.29 is 26.7 Å². The summed E-state index contributed by atoms with van der Waals surface area (Å²) in [6.07, 6.45) is -3.90. The molecular formula is C13H11F5N2O. The molecule has 0 heterocycles. The Hall–Kier alpha value is -2.14. The van der Waals surface area contributed by atoms with Crippen molar-refractivity contribution in [3.05, 3.63) is 35.1 Å². The number of carbonyl (C=O) groups is 1. The highest BCUT2D eigenvalue weighted by Gasteiger charge is 2.40. The zero-order valence-corrected chi connectivity index (χ0v) is 10.6. The van der Waals surface area contributed by atoms with Crippen LogP contribution in [-0.2, 0) is 0 Å². The van der Waals surface area contributed by atoms with Crippen molar-refractivity contribution in [1.29, 1.82) is 0 Å². The fraction of sp³-hybridized carbons (Fsp3) is 0.308. The first kappa shape index (κ1) is 16.9. The number of alkyl halides is 4. The van der Waals surface area contributed by atoms with Gasteiger partial charge in [-0.25, -0.2) is 13.2 Å². The minimum absolute atomic E-state index is 0.0545. The fourth-order valence-corrected chi connectivity index (χ4v) is 1.33. The zero-order chi connectivity index (χ0) is 16.0. The maximum atomic E-state index is 13.1. The summed E-state index contributed by atoms with van der Waals surface area (Å²) >= 11 is 0. The molecule has 3 N–H and O–H groups in total. The van der Waals surface area contributed by atoms with Gasteiger partial charge in [-0.05, 0) is 18.2 Å². The van der Waals surface area contributed by atoms with E-state index >= 15 is 0 Å². The lowest BCUT2D eigenvalue weighted by atomic mass is 10.1. The zero-order valence-electron chi connectivity index (χ0n) is 10.6. The van der Waals surface area contributed by atoms with Crippen LogP contribution in [0.15, 0.2) is 18.2 Å². The monoisotopic (exact) mass is 306 g/mol.